The van der Waals surface area contributed by atoms with Crippen LogP contribution in [0.3, 0.4) is 0 Å². The summed E-state index contributed by atoms with van der Waals surface area (Å²) in [6, 6.07) is 35.8. The van der Waals surface area contributed by atoms with Crippen LogP contribution in [0.25, 0.3) is 0 Å². The van der Waals surface area contributed by atoms with Gasteiger partial charge < -0.3 is 0 Å². The molecule has 0 aliphatic heterocycles. The molecule has 0 radical (unpaired) electrons. The van der Waals surface area contributed by atoms with E-state index < -0.39 is 19.0 Å². The molecule has 4 rings (SSSR count). The lowest BCUT2D eigenvalue weighted by molar-refractivity contribution is 0.186. The first-order chi connectivity index (χ1) is 15.6. The van der Waals surface area contributed by atoms with E-state index in [2.05, 4.69) is 5.09 Å². The van der Waals surface area contributed by atoms with E-state index >= 15 is 4.39 Å². The summed E-state index contributed by atoms with van der Waals surface area (Å²) in [7, 11) is -3.52. The van der Waals surface area contributed by atoms with Crippen LogP contribution in [-0.2, 0) is 10.2 Å². The number of alkyl halides is 1. The van der Waals surface area contributed by atoms with Crippen LogP contribution in [-0.4, -0.2) is 0 Å². The number of hydrogen-bond acceptors (Lipinski definition) is 2. The zero-order valence-corrected chi connectivity index (χ0v) is 18.2. The van der Waals surface area contributed by atoms with Gasteiger partial charge in [0.2, 0.25) is 13.0 Å². The average Bonchev–Trinajstić information content (AvgIpc) is 2.89. The number of nitriles is 1. The van der Waals surface area contributed by atoms with Crippen LogP contribution in [0.5, 0.6) is 0 Å². The molecule has 1 N–H and O–H groups in total. The van der Waals surface area contributed by atoms with Crippen molar-refractivity contribution in [3.63, 3.8) is 0 Å². The quantitative estimate of drug-likeness (QED) is 0.379. The second-order valence-corrected chi connectivity index (χ2v) is 9.95. The first kappa shape index (κ1) is 21.7. The molecule has 0 spiro atoms. The minimum Gasteiger partial charge on any atom is -0.297 e. The van der Waals surface area contributed by atoms with E-state index in [0.29, 0.717) is 16.2 Å². The van der Waals surface area contributed by atoms with Crippen LogP contribution in [0.4, 0.5) is 4.39 Å². The number of rotatable bonds is 7. The Kier molecular flexibility index (Phi) is 6.32. The molecular weight excluding hydrogens is 418 g/mol. The van der Waals surface area contributed by atoms with Crippen molar-refractivity contribution in [1.29, 1.82) is 5.26 Å². The lowest BCUT2D eigenvalue weighted by atomic mass is 9.86. The highest BCUT2D eigenvalue weighted by Gasteiger charge is 2.46. The number of halogens is 1. The number of nitrogens with zero attached hydrogens (tertiary/aromatic N) is 1. The van der Waals surface area contributed by atoms with Crippen LogP contribution in [0.2, 0.25) is 0 Å². The number of nitrogens with one attached hydrogen (secondary N) is 1. The maximum absolute atomic E-state index is 16.6. The van der Waals surface area contributed by atoms with Crippen molar-refractivity contribution in [1.82, 2.24) is 5.09 Å². The van der Waals surface area contributed by atoms with E-state index in [1.54, 1.807) is 103 Å². The molecule has 0 aliphatic rings. The zero-order chi connectivity index (χ0) is 22.4. The monoisotopic (exact) mass is 440 g/mol. The average molecular weight is 440 g/mol. The summed E-state index contributed by atoms with van der Waals surface area (Å²) in [5.74, 6) is 0. The topological polar surface area (TPSA) is 52.9 Å². The van der Waals surface area contributed by atoms with Crippen LogP contribution in [0, 0.1) is 11.3 Å². The molecule has 32 heavy (non-hydrogen) atoms. The molecule has 0 fully saturated rings. The molecule has 4 aromatic carbocycles. The fourth-order valence-electron chi connectivity index (χ4n) is 3.77. The Balaban J connectivity index is 1.92. The van der Waals surface area contributed by atoms with Crippen LogP contribution >= 0.6 is 7.29 Å². The van der Waals surface area contributed by atoms with E-state index in [0.717, 1.165) is 0 Å². The van der Waals surface area contributed by atoms with Gasteiger partial charge in [-0.05, 0) is 29.8 Å². The van der Waals surface area contributed by atoms with Gasteiger partial charge in [0, 0.05) is 16.2 Å². The van der Waals surface area contributed by atoms with Gasteiger partial charge in [0.25, 0.3) is 0 Å². The smallest absolute Gasteiger partial charge is 0.240 e. The first-order valence-electron chi connectivity index (χ1n) is 10.3. The third-order valence-corrected chi connectivity index (χ3v) is 8.11. The first-order valence-corrected chi connectivity index (χ1v) is 12.0. The number of hydrogen-bond donors (Lipinski definition) is 1. The van der Waals surface area contributed by atoms with Gasteiger partial charge >= 0.3 is 0 Å². The molecule has 0 saturated heterocycles. The fraction of sp³-hybridized carbons (Fsp3) is 0.0741. The number of benzene rings is 4. The molecule has 0 unspecified atom stereocenters. The summed E-state index contributed by atoms with van der Waals surface area (Å²) in [5.41, 5.74) is -1.72. The second-order valence-electron chi connectivity index (χ2n) is 7.44. The maximum atomic E-state index is 16.6. The molecule has 0 aromatic heterocycles. The van der Waals surface area contributed by atoms with Crippen molar-refractivity contribution in [2.24, 2.45) is 0 Å². The Bertz CT molecular complexity index is 1200. The Morgan fingerprint density at radius 2 is 1.12 bits per heavy atom. The van der Waals surface area contributed by atoms with Gasteiger partial charge in [-0.25, -0.2) is 9.48 Å². The molecule has 0 bridgehead atoms. The maximum Gasteiger partial charge on any atom is 0.240 e. The van der Waals surface area contributed by atoms with Crippen molar-refractivity contribution < 1.29 is 8.96 Å². The Hall–Kier alpha value is -3.51. The normalized spacial score (nSPS) is 14.1. The van der Waals surface area contributed by atoms with Gasteiger partial charge in [0.15, 0.2) is 0 Å². The fourth-order valence-corrected chi connectivity index (χ4v) is 6.24. The zero-order valence-electron chi connectivity index (χ0n) is 17.3. The molecule has 0 aliphatic carbocycles. The summed E-state index contributed by atoms with van der Waals surface area (Å²) in [5, 5.41) is 14.3. The van der Waals surface area contributed by atoms with E-state index in [1.807, 2.05) is 24.3 Å². The predicted octanol–water partition coefficient (Wildman–Crippen LogP) is 5.63. The van der Waals surface area contributed by atoms with E-state index in [1.165, 1.54) is 0 Å². The van der Waals surface area contributed by atoms with Crippen LogP contribution < -0.4 is 15.7 Å². The summed E-state index contributed by atoms with van der Waals surface area (Å²) >= 11 is 0. The molecule has 5 heteroatoms. The van der Waals surface area contributed by atoms with Crippen LogP contribution in [0.15, 0.2) is 121 Å². The van der Waals surface area contributed by atoms with Gasteiger partial charge in [0.05, 0.1) is 6.04 Å². The standard InChI is InChI=1S/C27H22FN2OP/c28-27(21-29,23-15-7-2-8-16-23)26(22-13-5-1-6-14-22)30-32(31,24-17-9-3-10-18-24)25-19-11-4-12-20-25/h1-20,26H,(H,30,31)/t26-,27+/m1/s1. The van der Waals surface area contributed by atoms with Gasteiger partial charge in [-0.15, -0.1) is 0 Å². The summed E-state index contributed by atoms with van der Waals surface area (Å²) in [6.07, 6.45) is 0. The SMILES string of the molecule is N#C[C@](F)(c1ccccc1)[C@H](NP(=O)(c1ccccc1)c1ccccc1)c1ccccc1. The van der Waals surface area contributed by atoms with Gasteiger partial charge in [-0.3, -0.25) is 4.57 Å². The predicted molar refractivity (Wildman–Crippen MR) is 127 cm³/mol. The minimum atomic E-state index is -3.52. The third-order valence-electron chi connectivity index (χ3n) is 5.44. The van der Waals surface area contributed by atoms with E-state index in [-0.39, 0.29) is 5.56 Å². The summed E-state index contributed by atoms with van der Waals surface area (Å²) in [4.78, 5) is 0. The van der Waals surface area contributed by atoms with Crippen molar-refractivity contribution in [2.75, 3.05) is 0 Å². The lowest BCUT2D eigenvalue weighted by Gasteiger charge is -2.33. The van der Waals surface area contributed by atoms with Gasteiger partial charge in [-0.1, -0.05) is 97.1 Å². The van der Waals surface area contributed by atoms with Crippen molar-refractivity contribution in [3.8, 4) is 6.07 Å². The summed E-state index contributed by atoms with van der Waals surface area (Å²) < 4.78 is 31.2. The Morgan fingerprint density at radius 3 is 1.56 bits per heavy atom. The molecule has 4 aromatic rings. The van der Waals surface area contributed by atoms with Crippen molar-refractivity contribution in [3.05, 3.63) is 132 Å². The second kappa shape index (κ2) is 9.32. The third kappa shape index (κ3) is 4.14. The largest absolute Gasteiger partial charge is 0.297 e. The highest BCUT2D eigenvalue weighted by molar-refractivity contribution is 7.76. The molecule has 158 valence electrons. The van der Waals surface area contributed by atoms with Crippen molar-refractivity contribution >= 4 is 17.9 Å². The van der Waals surface area contributed by atoms with E-state index in [9.17, 15) is 9.83 Å². The molecule has 0 heterocycles. The van der Waals surface area contributed by atoms with Gasteiger partial charge in [0.1, 0.15) is 6.07 Å². The molecular formula is C27H22FN2OP. The lowest BCUT2D eigenvalue weighted by Crippen LogP contribution is -2.40. The molecule has 2 atom stereocenters. The Labute approximate surface area is 187 Å². The molecule has 0 amide bonds. The minimum absolute atomic E-state index is 0.205. The molecule has 0 saturated carbocycles. The molecule has 3 nitrogen and oxygen atoms in total. The van der Waals surface area contributed by atoms with E-state index in [4.69, 9.17) is 0 Å². The Morgan fingerprint density at radius 1 is 0.719 bits per heavy atom. The van der Waals surface area contributed by atoms with Crippen molar-refractivity contribution in [2.45, 2.75) is 11.7 Å². The highest BCUT2D eigenvalue weighted by Crippen LogP contribution is 2.48. The highest BCUT2D eigenvalue weighted by atomic mass is 31.2. The summed E-state index contributed by atoms with van der Waals surface area (Å²) in [6.45, 7) is 0. The van der Waals surface area contributed by atoms with Crippen LogP contribution in [0.1, 0.15) is 17.2 Å². The van der Waals surface area contributed by atoms with Gasteiger partial charge in [-0.2, -0.15) is 5.26 Å².